The number of nitrogens with zero attached hydrogens (tertiary/aromatic N) is 2. The maximum absolute atomic E-state index is 10.7. The minimum atomic E-state index is -0.937. The number of allylic oxidation sites excluding steroid dienone is 5. The van der Waals surface area contributed by atoms with Crippen molar-refractivity contribution in [1.82, 2.24) is 9.97 Å². The maximum Gasteiger partial charge on any atom is 0.328 e. The predicted octanol–water partition coefficient (Wildman–Crippen LogP) is 5.87. The molecule has 0 saturated heterocycles. The summed E-state index contributed by atoms with van der Waals surface area (Å²) in [6, 6.07) is 6.14. The van der Waals surface area contributed by atoms with Gasteiger partial charge in [0.15, 0.2) is 0 Å². The highest BCUT2D eigenvalue weighted by atomic mass is 16.4. The molecule has 0 amide bonds. The van der Waals surface area contributed by atoms with Crippen LogP contribution in [0.25, 0.3) is 16.6 Å². The van der Waals surface area contributed by atoms with Crippen molar-refractivity contribution >= 4 is 22.6 Å². The second-order valence-electron chi connectivity index (χ2n) is 7.44. The van der Waals surface area contributed by atoms with Gasteiger partial charge in [-0.15, -0.1) is 0 Å². The van der Waals surface area contributed by atoms with Gasteiger partial charge in [0.25, 0.3) is 0 Å². The largest absolute Gasteiger partial charge is 0.478 e. The molecule has 1 N–H and O–H groups in total. The third kappa shape index (κ3) is 5.36. The molecule has 4 heteroatoms. The first kappa shape index (κ1) is 20.6. The fourth-order valence-corrected chi connectivity index (χ4v) is 2.86. The van der Waals surface area contributed by atoms with Crippen molar-refractivity contribution in [2.24, 2.45) is 0 Å². The van der Waals surface area contributed by atoms with Gasteiger partial charge in [0.2, 0.25) is 0 Å². The lowest BCUT2D eigenvalue weighted by Gasteiger charge is -2.15. The topological polar surface area (TPSA) is 63.1 Å². The van der Waals surface area contributed by atoms with Crippen molar-refractivity contribution in [2.45, 2.75) is 53.4 Å². The third-order valence-electron chi connectivity index (χ3n) is 4.33. The van der Waals surface area contributed by atoms with Gasteiger partial charge in [0.05, 0.1) is 22.4 Å². The molecule has 0 aliphatic carbocycles. The van der Waals surface area contributed by atoms with Crippen LogP contribution >= 0.6 is 0 Å². The van der Waals surface area contributed by atoms with E-state index in [1.165, 1.54) is 6.08 Å². The average molecular weight is 364 g/mol. The van der Waals surface area contributed by atoms with Crippen LogP contribution < -0.4 is 0 Å². The van der Waals surface area contributed by atoms with Crippen molar-refractivity contribution < 1.29 is 9.90 Å². The van der Waals surface area contributed by atoms with Gasteiger partial charge in [-0.1, -0.05) is 52.0 Å². The molecule has 0 radical (unpaired) electrons. The normalized spacial score (nSPS) is 13.3. The molecule has 142 valence electrons. The van der Waals surface area contributed by atoms with Crippen molar-refractivity contribution in [3.8, 4) is 0 Å². The molecule has 2 rings (SSSR count). The molecular formula is C23H28N2O2. The number of benzene rings is 1. The van der Waals surface area contributed by atoms with Gasteiger partial charge in [-0.3, -0.25) is 0 Å². The Kier molecular flexibility index (Phi) is 6.67. The van der Waals surface area contributed by atoms with Crippen LogP contribution in [0.5, 0.6) is 0 Å². The number of hydrogen-bond donors (Lipinski definition) is 1. The van der Waals surface area contributed by atoms with E-state index in [4.69, 9.17) is 15.1 Å². The Balaban J connectivity index is 2.40. The van der Waals surface area contributed by atoms with Crippen LogP contribution in [0, 0.1) is 0 Å². The van der Waals surface area contributed by atoms with Crippen molar-refractivity contribution in [3.05, 3.63) is 65.0 Å². The van der Waals surface area contributed by atoms with E-state index in [-0.39, 0.29) is 0 Å². The Morgan fingerprint density at radius 2 is 1.59 bits per heavy atom. The smallest absolute Gasteiger partial charge is 0.328 e. The predicted molar refractivity (Wildman–Crippen MR) is 112 cm³/mol. The Labute approximate surface area is 161 Å². The van der Waals surface area contributed by atoms with Crippen molar-refractivity contribution in [2.75, 3.05) is 0 Å². The lowest BCUT2D eigenvalue weighted by Crippen LogP contribution is -2.06. The minimum Gasteiger partial charge on any atom is -0.478 e. The van der Waals surface area contributed by atoms with E-state index >= 15 is 0 Å². The highest BCUT2D eigenvalue weighted by Gasteiger charge is 2.15. The number of rotatable bonds is 6. The SMILES string of the molecule is CC(/C=C/C=C(\C)c1ccc2nc(C(C)C)c(C(C)C)nc2c1)=C\C(=O)O. The van der Waals surface area contributed by atoms with Crippen LogP contribution in [-0.2, 0) is 4.79 Å². The Hall–Kier alpha value is -2.75. The van der Waals surface area contributed by atoms with E-state index in [1.54, 1.807) is 13.0 Å². The van der Waals surface area contributed by atoms with E-state index in [1.807, 2.05) is 25.1 Å². The third-order valence-corrected chi connectivity index (χ3v) is 4.33. The van der Waals surface area contributed by atoms with Gasteiger partial charge in [0, 0.05) is 6.08 Å². The van der Waals surface area contributed by atoms with Crippen LogP contribution in [0.1, 0.15) is 70.3 Å². The van der Waals surface area contributed by atoms with E-state index in [2.05, 4.69) is 39.8 Å². The van der Waals surface area contributed by atoms with Gasteiger partial charge < -0.3 is 5.11 Å². The second-order valence-corrected chi connectivity index (χ2v) is 7.44. The molecule has 0 spiro atoms. The standard InChI is InChI=1S/C23H28N2O2/c1-14(2)22-23(15(3)4)25-20-13-18(10-11-19(20)24-22)17(6)9-7-8-16(5)12-21(26)27/h7-15H,1-6H3,(H,26,27)/b8-7+,16-12+,17-9+. The zero-order valence-electron chi connectivity index (χ0n) is 16.9. The molecule has 0 unspecified atom stereocenters. The summed E-state index contributed by atoms with van der Waals surface area (Å²) in [4.78, 5) is 20.4. The van der Waals surface area contributed by atoms with Crippen LogP contribution in [0.2, 0.25) is 0 Å². The highest BCUT2D eigenvalue weighted by Crippen LogP contribution is 2.27. The number of aliphatic carboxylic acids is 1. The van der Waals surface area contributed by atoms with Gasteiger partial charge in [-0.25, -0.2) is 14.8 Å². The number of fused-ring (bicyclic) bond motifs is 1. The summed E-state index contributed by atoms with van der Waals surface area (Å²) < 4.78 is 0. The lowest BCUT2D eigenvalue weighted by molar-refractivity contribution is -0.131. The summed E-state index contributed by atoms with van der Waals surface area (Å²) in [6.07, 6.45) is 6.80. The Morgan fingerprint density at radius 3 is 2.15 bits per heavy atom. The number of hydrogen-bond acceptors (Lipinski definition) is 3. The van der Waals surface area contributed by atoms with Crippen molar-refractivity contribution in [3.63, 3.8) is 0 Å². The van der Waals surface area contributed by atoms with E-state index in [0.717, 1.165) is 33.6 Å². The minimum absolute atomic E-state index is 0.325. The number of aromatic nitrogens is 2. The molecule has 1 heterocycles. The van der Waals surface area contributed by atoms with Crippen molar-refractivity contribution in [1.29, 1.82) is 0 Å². The first-order valence-electron chi connectivity index (χ1n) is 9.27. The zero-order valence-corrected chi connectivity index (χ0v) is 16.9. The Morgan fingerprint density at radius 1 is 1.00 bits per heavy atom. The maximum atomic E-state index is 10.7. The summed E-state index contributed by atoms with van der Waals surface area (Å²) in [5.74, 6) is -0.271. The summed E-state index contributed by atoms with van der Waals surface area (Å²) in [6.45, 7) is 12.4. The van der Waals surface area contributed by atoms with E-state index in [9.17, 15) is 4.79 Å². The van der Waals surface area contributed by atoms with E-state index in [0.29, 0.717) is 17.4 Å². The van der Waals surface area contributed by atoms with Gasteiger partial charge in [-0.2, -0.15) is 0 Å². The summed E-state index contributed by atoms with van der Waals surface area (Å²) in [7, 11) is 0. The molecule has 0 bridgehead atoms. The first-order chi connectivity index (χ1) is 12.7. The number of carbonyl (C=O) groups is 1. The highest BCUT2D eigenvalue weighted by molar-refractivity contribution is 5.82. The number of carboxylic acid groups (broad SMARTS) is 1. The monoisotopic (exact) mass is 364 g/mol. The molecule has 1 aromatic heterocycles. The van der Waals surface area contributed by atoms with Crippen LogP contribution in [-0.4, -0.2) is 21.0 Å². The molecule has 0 fully saturated rings. The fraction of sp³-hybridized carbons (Fsp3) is 0.348. The molecule has 0 aliphatic rings. The zero-order chi connectivity index (χ0) is 20.1. The average Bonchev–Trinajstić information content (AvgIpc) is 2.59. The molecule has 1 aromatic carbocycles. The van der Waals surface area contributed by atoms with Gasteiger partial charge in [-0.05, 0) is 54.5 Å². The van der Waals surface area contributed by atoms with Crippen LogP contribution in [0.3, 0.4) is 0 Å². The first-order valence-corrected chi connectivity index (χ1v) is 9.27. The van der Waals surface area contributed by atoms with Gasteiger partial charge in [0.1, 0.15) is 0 Å². The lowest BCUT2D eigenvalue weighted by atomic mass is 9.99. The Bertz CT molecular complexity index is 935. The molecule has 0 aliphatic heterocycles. The molecule has 0 atom stereocenters. The van der Waals surface area contributed by atoms with Crippen LogP contribution in [0.4, 0.5) is 0 Å². The number of carboxylic acids is 1. The molecule has 4 nitrogen and oxygen atoms in total. The second kappa shape index (κ2) is 8.76. The molecule has 0 saturated carbocycles. The summed E-state index contributed by atoms with van der Waals surface area (Å²) in [5, 5.41) is 8.75. The summed E-state index contributed by atoms with van der Waals surface area (Å²) in [5.41, 5.74) is 6.80. The van der Waals surface area contributed by atoms with Crippen LogP contribution in [0.15, 0.2) is 48.1 Å². The molecular weight excluding hydrogens is 336 g/mol. The fourth-order valence-electron chi connectivity index (χ4n) is 2.86. The van der Waals surface area contributed by atoms with E-state index < -0.39 is 5.97 Å². The quantitative estimate of drug-likeness (QED) is 0.514. The van der Waals surface area contributed by atoms with Gasteiger partial charge >= 0.3 is 5.97 Å². The molecule has 27 heavy (non-hydrogen) atoms. The summed E-state index contributed by atoms with van der Waals surface area (Å²) >= 11 is 0. The molecule has 2 aromatic rings.